The van der Waals surface area contributed by atoms with Gasteiger partial charge in [0, 0.05) is 30.0 Å². The van der Waals surface area contributed by atoms with Crippen LogP contribution in [0.2, 0.25) is 0 Å². The van der Waals surface area contributed by atoms with Crippen LogP contribution >= 0.6 is 11.3 Å². The van der Waals surface area contributed by atoms with Crippen LogP contribution in [0.25, 0.3) is 4.96 Å². The minimum absolute atomic E-state index is 0.0597. The fourth-order valence-electron chi connectivity index (χ4n) is 1.44. The summed E-state index contributed by atoms with van der Waals surface area (Å²) in [6, 6.07) is 0. The number of aliphatic carboxylic acids is 1. The van der Waals surface area contributed by atoms with Gasteiger partial charge in [0.2, 0.25) is 5.91 Å². The maximum Gasteiger partial charge on any atom is 0.305 e. The summed E-state index contributed by atoms with van der Waals surface area (Å²) >= 11 is 1.47. The van der Waals surface area contributed by atoms with Crippen LogP contribution in [-0.4, -0.2) is 32.9 Å². The first kappa shape index (κ1) is 11.6. The van der Waals surface area contributed by atoms with Crippen LogP contribution in [0.5, 0.6) is 0 Å². The van der Waals surface area contributed by atoms with Gasteiger partial charge in [0.1, 0.15) is 0 Å². The molecular weight excluding hydrogens is 242 g/mol. The number of fused-ring (bicyclic) bond motifs is 1. The molecule has 1 amide bonds. The van der Waals surface area contributed by atoms with E-state index in [1.807, 2.05) is 9.78 Å². The Labute approximate surface area is 101 Å². The number of carbonyl (C=O) groups is 2. The molecule has 2 heterocycles. The fourth-order valence-corrected chi connectivity index (χ4v) is 2.29. The van der Waals surface area contributed by atoms with E-state index in [1.165, 1.54) is 11.3 Å². The Balaban J connectivity index is 1.91. The summed E-state index contributed by atoms with van der Waals surface area (Å²) in [7, 11) is 0. The molecule has 0 aliphatic rings. The van der Waals surface area contributed by atoms with E-state index in [1.54, 1.807) is 12.4 Å². The Hall–Kier alpha value is -1.89. The van der Waals surface area contributed by atoms with Gasteiger partial charge < -0.3 is 10.4 Å². The predicted molar refractivity (Wildman–Crippen MR) is 62.0 cm³/mol. The van der Waals surface area contributed by atoms with Crippen molar-refractivity contribution in [2.45, 2.75) is 12.8 Å². The molecule has 2 N–H and O–H groups in total. The minimum atomic E-state index is -0.919. The van der Waals surface area contributed by atoms with Gasteiger partial charge in [0.15, 0.2) is 4.96 Å². The number of amides is 1. The molecule has 0 spiro atoms. The number of hydrogen-bond acceptors (Lipinski definition) is 4. The normalized spacial score (nSPS) is 10.6. The van der Waals surface area contributed by atoms with E-state index in [9.17, 15) is 9.59 Å². The van der Waals surface area contributed by atoms with Crippen LogP contribution in [0.3, 0.4) is 0 Å². The largest absolute Gasteiger partial charge is 0.481 e. The number of carboxylic acids is 1. The number of thiazole rings is 1. The van der Waals surface area contributed by atoms with E-state index >= 15 is 0 Å². The average Bonchev–Trinajstić information content (AvgIpc) is 2.82. The SMILES string of the molecule is O=C(O)CCNC(=O)Cc1csc2nccn12. The summed E-state index contributed by atoms with van der Waals surface area (Å²) in [5, 5.41) is 12.9. The second-order valence-electron chi connectivity index (χ2n) is 3.48. The molecule has 0 radical (unpaired) electrons. The van der Waals surface area contributed by atoms with Crippen molar-refractivity contribution in [3.05, 3.63) is 23.5 Å². The highest BCUT2D eigenvalue weighted by Gasteiger charge is 2.09. The minimum Gasteiger partial charge on any atom is -0.481 e. The smallest absolute Gasteiger partial charge is 0.305 e. The van der Waals surface area contributed by atoms with Gasteiger partial charge in [-0.15, -0.1) is 11.3 Å². The third-order valence-corrected chi connectivity index (χ3v) is 3.12. The molecule has 90 valence electrons. The first-order valence-electron chi connectivity index (χ1n) is 5.05. The lowest BCUT2D eigenvalue weighted by molar-refractivity contribution is -0.136. The van der Waals surface area contributed by atoms with Crippen LogP contribution in [0.1, 0.15) is 12.1 Å². The number of nitrogens with one attached hydrogen (secondary N) is 1. The quantitative estimate of drug-likeness (QED) is 0.814. The Bertz CT molecular complexity index is 546. The summed E-state index contributed by atoms with van der Waals surface area (Å²) in [5.41, 5.74) is 0.857. The fraction of sp³-hybridized carbons (Fsp3) is 0.300. The molecule has 0 atom stereocenters. The Kier molecular flexibility index (Phi) is 3.38. The molecule has 0 saturated carbocycles. The topological polar surface area (TPSA) is 83.7 Å². The number of imidazole rings is 1. The number of aromatic nitrogens is 2. The highest BCUT2D eigenvalue weighted by molar-refractivity contribution is 7.15. The highest BCUT2D eigenvalue weighted by Crippen LogP contribution is 2.14. The van der Waals surface area contributed by atoms with Gasteiger partial charge in [-0.1, -0.05) is 0 Å². The molecule has 0 aliphatic heterocycles. The number of nitrogens with zero attached hydrogens (tertiary/aromatic N) is 2. The molecule has 0 saturated heterocycles. The highest BCUT2D eigenvalue weighted by atomic mass is 32.1. The Morgan fingerprint density at radius 1 is 1.53 bits per heavy atom. The summed E-state index contributed by atoms with van der Waals surface area (Å²) in [6.07, 6.45) is 3.65. The molecule has 0 bridgehead atoms. The van der Waals surface area contributed by atoms with Crippen molar-refractivity contribution in [3.63, 3.8) is 0 Å². The summed E-state index contributed by atoms with van der Waals surface area (Å²) < 4.78 is 1.85. The Morgan fingerprint density at radius 3 is 3.12 bits per heavy atom. The zero-order valence-corrected chi connectivity index (χ0v) is 9.74. The van der Waals surface area contributed by atoms with Gasteiger partial charge in [-0.3, -0.25) is 14.0 Å². The van der Waals surface area contributed by atoms with E-state index in [4.69, 9.17) is 5.11 Å². The first-order chi connectivity index (χ1) is 8.16. The predicted octanol–water partition coefficient (Wildman–Crippen LogP) is 0.529. The van der Waals surface area contributed by atoms with Crippen LogP contribution in [-0.2, 0) is 16.0 Å². The van der Waals surface area contributed by atoms with Gasteiger partial charge in [0.05, 0.1) is 12.8 Å². The number of carboxylic acid groups (broad SMARTS) is 1. The first-order valence-corrected chi connectivity index (χ1v) is 5.92. The number of carbonyl (C=O) groups excluding carboxylic acids is 1. The van der Waals surface area contributed by atoms with Crippen molar-refractivity contribution in [3.8, 4) is 0 Å². The molecular formula is C10H11N3O3S. The van der Waals surface area contributed by atoms with Gasteiger partial charge in [0.25, 0.3) is 0 Å². The van der Waals surface area contributed by atoms with Crippen LogP contribution < -0.4 is 5.32 Å². The lowest BCUT2D eigenvalue weighted by Gasteiger charge is -2.02. The van der Waals surface area contributed by atoms with Crippen molar-refractivity contribution >= 4 is 28.2 Å². The molecule has 2 aromatic rings. The van der Waals surface area contributed by atoms with Gasteiger partial charge in [-0.2, -0.15) is 0 Å². The molecule has 0 unspecified atom stereocenters. The lowest BCUT2D eigenvalue weighted by atomic mass is 10.3. The van der Waals surface area contributed by atoms with E-state index in [0.29, 0.717) is 0 Å². The van der Waals surface area contributed by atoms with E-state index < -0.39 is 5.97 Å². The number of hydrogen-bond donors (Lipinski definition) is 2. The zero-order valence-electron chi connectivity index (χ0n) is 8.92. The second kappa shape index (κ2) is 4.96. The molecule has 6 nitrogen and oxygen atoms in total. The van der Waals surface area contributed by atoms with Crippen LogP contribution in [0.15, 0.2) is 17.8 Å². The van der Waals surface area contributed by atoms with E-state index in [0.717, 1.165) is 10.7 Å². The second-order valence-corrected chi connectivity index (χ2v) is 4.31. The van der Waals surface area contributed by atoms with Crippen molar-refractivity contribution in [1.82, 2.24) is 14.7 Å². The lowest BCUT2D eigenvalue weighted by Crippen LogP contribution is -2.27. The van der Waals surface area contributed by atoms with Crippen molar-refractivity contribution in [2.75, 3.05) is 6.54 Å². The molecule has 0 aromatic carbocycles. The Morgan fingerprint density at radius 2 is 2.35 bits per heavy atom. The van der Waals surface area contributed by atoms with Crippen LogP contribution in [0.4, 0.5) is 0 Å². The van der Waals surface area contributed by atoms with Gasteiger partial charge >= 0.3 is 5.97 Å². The van der Waals surface area contributed by atoms with Crippen LogP contribution in [0, 0.1) is 0 Å². The van der Waals surface area contributed by atoms with E-state index in [2.05, 4.69) is 10.3 Å². The van der Waals surface area contributed by atoms with Crippen molar-refractivity contribution in [1.29, 1.82) is 0 Å². The molecule has 2 aromatic heterocycles. The zero-order chi connectivity index (χ0) is 12.3. The van der Waals surface area contributed by atoms with Crippen molar-refractivity contribution < 1.29 is 14.7 Å². The average molecular weight is 253 g/mol. The maximum atomic E-state index is 11.5. The summed E-state index contributed by atoms with van der Waals surface area (Å²) in [4.78, 5) is 26.7. The summed E-state index contributed by atoms with van der Waals surface area (Å²) in [6.45, 7) is 0.158. The molecule has 7 heteroatoms. The van der Waals surface area contributed by atoms with E-state index in [-0.39, 0.29) is 25.3 Å². The summed E-state index contributed by atoms with van der Waals surface area (Å²) in [5.74, 6) is -1.10. The van der Waals surface area contributed by atoms with Crippen molar-refractivity contribution in [2.24, 2.45) is 0 Å². The number of rotatable bonds is 5. The molecule has 0 aliphatic carbocycles. The molecule has 0 fully saturated rings. The monoisotopic (exact) mass is 253 g/mol. The standard InChI is InChI=1S/C10H11N3O3S/c14-8(11-2-1-9(15)16)5-7-6-17-10-12-3-4-13(7)10/h3-4,6H,1-2,5H2,(H,11,14)(H,15,16). The third kappa shape index (κ3) is 2.82. The molecule has 17 heavy (non-hydrogen) atoms. The van der Waals surface area contributed by atoms with Gasteiger partial charge in [-0.05, 0) is 0 Å². The van der Waals surface area contributed by atoms with Gasteiger partial charge in [-0.25, -0.2) is 4.98 Å². The maximum absolute atomic E-state index is 11.5. The third-order valence-electron chi connectivity index (χ3n) is 2.22. The molecule has 2 rings (SSSR count).